The highest BCUT2D eigenvalue weighted by Crippen LogP contribution is 2.18. The minimum Gasteiger partial charge on any atom is -0.480 e. The second-order valence-corrected chi connectivity index (χ2v) is 8.90. The van der Waals surface area contributed by atoms with Gasteiger partial charge in [-0.3, -0.25) is 14.4 Å². The second-order valence-electron chi connectivity index (χ2n) is 7.44. The molecular formula is C23H26ClN3O6S. The topological polar surface area (TPSA) is 159 Å². The molecular weight excluding hydrogens is 482 g/mol. The van der Waals surface area contributed by atoms with E-state index in [2.05, 4.69) is 10.6 Å². The van der Waals surface area contributed by atoms with Crippen molar-refractivity contribution in [3.63, 3.8) is 0 Å². The Morgan fingerprint density at radius 3 is 2.18 bits per heavy atom. The molecule has 0 aliphatic carbocycles. The zero-order valence-electron chi connectivity index (χ0n) is 18.1. The minimum absolute atomic E-state index is 0.102. The maximum Gasteiger partial charge on any atom is 0.330 e. The normalized spacial score (nSPS) is 13.4. The molecule has 6 N–H and O–H groups in total. The molecule has 11 heteroatoms. The molecule has 0 fully saturated rings. The number of carboxylic acids is 2. The lowest BCUT2D eigenvalue weighted by Gasteiger charge is -2.22. The van der Waals surface area contributed by atoms with Crippen LogP contribution in [0.3, 0.4) is 0 Å². The fourth-order valence-electron chi connectivity index (χ4n) is 2.91. The number of hydrogen-bond donors (Lipinski definition) is 5. The Labute approximate surface area is 206 Å². The van der Waals surface area contributed by atoms with Crippen molar-refractivity contribution in [2.75, 3.05) is 5.75 Å². The molecule has 2 rings (SSSR count). The van der Waals surface area contributed by atoms with Gasteiger partial charge >= 0.3 is 11.9 Å². The third-order valence-corrected chi connectivity index (χ3v) is 6.14. The van der Waals surface area contributed by atoms with Crippen LogP contribution < -0.4 is 16.4 Å². The molecule has 0 saturated carbocycles. The van der Waals surface area contributed by atoms with Gasteiger partial charge in [0, 0.05) is 22.9 Å². The van der Waals surface area contributed by atoms with Gasteiger partial charge in [-0.25, -0.2) is 4.79 Å². The van der Waals surface area contributed by atoms with Crippen molar-refractivity contribution in [1.29, 1.82) is 0 Å². The van der Waals surface area contributed by atoms with Crippen LogP contribution in [0.4, 0.5) is 0 Å². The van der Waals surface area contributed by atoms with E-state index in [9.17, 15) is 24.3 Å². The average Bonchev–Trinajstić information content (AvgIpc) is 2.81. The fourth-order valence-corrected chi connectivity index (χ4v) is 4.05. The summed E-state index contributed by atoms with van der Waals surface area (Å²) in [5.74, 6) is -3.02. The highest BCUT2D eigenvalue weighted by molar-refractivity contribution is 7.98. The molecule has 0 spiro atoms. The van der Waals surface area contributed by atoms with Gasteiger partial charge in [0.05, 0.1) is 0 Å². The first-order valence-electron chi connectivity index (χ1n) is 10.4. The Balaban J connectivity index is 2.07. The van der Waals surface area contributed by atoms with Gasteiger partial charge in [0.15, 0.2) is 6.04 Å². The molecule has 0 heterocycles. The molecule has 0 bridgehead atoms. The molecule has 182 valence electrons. The van der Waals surface area contributed by atoms with Crippen LogP contribution in [0.5, 0.6) is 0 Å². The summed E-state index contributed by atoms with van der Waals surface area (Å²) in [5.41, 5.74) is 6.78. The van der Waals surface area contributed by atoms with Crippen molar-refractivity contribution >= 4 is 47.1 Å². The van der Waals surface area contributed by atoms with E-state index in [0.29, 0.717) is 16.3 Å². The van der Waals surface area contributed by atoms with Crippen molar-refractivity contribution < 1.29 is 29.4 Å². The largest absolute Gasteiger partial charge is 0.480 e. The number of carbonyl (C=O) groups excluding carboxylic acids is 2. The molecule has 2 amide bonds. The van der Waals surface area contributed by atoms with E-state index in [4.69, 9.17) is 22.4 Å². The van der Waals surface area contributed by atoms with Crippen LogP contribution in [-0.2, 0) is 24.9 Å². The number of rotatable bonds is 13. The summed E-state index contributed by atoms with van der Waals surface area (Å²) in [6.07, 6.45) is -0.296. The molecule has 2 aromatic rings. The Hall–Kier alpha value is -3.08. The number of carbonyl (C=O) groups is 4. The van der Waals surface area contributed by atoms with Gasteiger partial charge in [0.25, 0.3) is 0 Å². The third-order valence-electron chi connectivity index (χ3n) is 4.78. The number of amides is 2. The van der Waals surface area contributed by atoms with E-state index >= 15 is 0 Å². The van der Waals surface area contributed by atoms with Crippen molar-refractivity contribution in [1.82, 2.24) is 10.6 Å². The highest BCUT2D eigenvalue weighted by atomic mass is 35.5. The fraction of sp³-hybridized carbons (Fsp3) is 0.304. The predicted molar refractivity (Wildman–Crippen MR) is 129 cm³/mol. The number of halogens is 1. The van der Waals surface area contributed by atoms with Crippen LogP contribution in [-0.4, -0.2) is 51.8 Å². The van der Waals surface area contributed by atoms with Crippen LogP contribution in [0.2, 0.25) is 5.02 Å². The molecule has 2 unspecified atom stereocenters. The Morgan fingerprint density at radius 1 is 0.941 bits per heavy atom. The summed E-state index contributed by atoms with van der Waals surface area (Å²) < 4.78 is 0. The Bertz CT molecular complexity index is 990. The lowest BCUT2D eigenvalue weighted by atomic mass is 10.1. The summed E-state index contributed by atoms with van der Waals surface area (Å²) in [4.78, 5) is 48.0. The van der Waals surface area contributed by atoms with Gasteiger partial charge in [-0.05, 0) is 29.7 Å². The van der Waals surface area contributed by atoms with Crippen LogP contribution in [0.25, 0.3) is 0 Å². The maximum absolute atomic E-state index is 13.0. The Kier molecular flexibility index (Phi) is 10.9. The van der Waals surface area contributed by atoms with Crippen LogP contribution in [0.15, 0.2) is 54.6 Å². The monoisotopic (exact) mass is 507 g/mol. The van der Waals surface area contributed by atoms with E-state index in [1.807, 2.05) is 12.1 Å². The molecule has 0 aliphatic rings. The first-order valence-corrected chi connectivity index (χ1v) is 11.9. The first-order chi connectivity index (χ1) is 16.2. The number of carboxylic acid groups (broad SMARTS) is 2. The molecule has 0 aromatic heterocycles. The second kappa shape index (κ2) is 13.6. The average molecular weight is 508 g/mol. The van der Waals surface area contributed by atoms with Crippen molar-refractivity contribution in [2.45, 2.75) is 36.7 Å². The Morgan fingerprint density at radius 2 is 1.59 bits per heavy atom. The summed E-state index contributed by atoms with van der Waals surface area (Å²) in [6.45, 7) is 0. The predicted octanol–water partition coefficient (Wildman–Crippen LogP) is 2.19. The van der Waals surface area contributed by atoms with Crippen molar-refractivity contribution in [2.24, 2.45) is 5.73 Å². The standard InChI is InChI=1S/C23H26ClN3O6S/c24-16-8-6-14(7-9-16)12-34-13-18(26-19(28)11-10-17(25)22(30)31)21(29)27-20(23(32)33)15-4-2-1-3-5-15/h1-9,17-18,20H,10-13,25H2,(H,26,28)(H,27,29)(H,30,31)(H,32,33)/t17?,18?,20-/m0/s1. The van der Waals surface area contributed by atoms with Crippen LogP contribution in [0.1, 0.15) is 30.0 Å². The van der Waals surface area contributed by atoms with E-state index in [0.717, 1.165) is 5.56 Å². The van der Waals surface area contributed by atoms with Gasteiger partial charge in [-0.15, -0.1) is 0 Å². The summed E-state index contributed by atoms with van der Waals surface area (Å²) >= 11 is 7.26. The van der Waals surface area contributed by atoms with Gasteiger partial charge < -0.3 is 26.6 Å². The lowest BCUT2D eigenvalue weighted by Crippen LogP contribution is -2.50. The van der Waals surface area contributed by atoms with Gasteiger partial charge in [0.1, 0.15) is 12.1 Å². The quantitative estimate of drug-likeness (QED) is 0.276. The van der Waals surface area contributed by atoms with Crippen LogP contribution in [0, 0.1) is 0 Å². The SMILES string of the molecule is NC(CCC(=O)NC(CSCc1ccc(Cl)cc1)C(=O)N[C@H](C(=O)O)c1ccccc1)C(=O)O. The van der Waals surface area contributed by atoms with Gasteiger partial charge in [0.2, 0.25) is 11.8 Å². The number of nitrogens with two attached hydrogens (primary N) is 1. The van der Waals surface area contributed by atoms with E-state index in [1.165, 1.54) is 11.8 Å². The summed E-state index contributed by atoms with van der Waals surface area (Å²) in [5, 5.41) is 24.1. The minimum atomic E-state index is -1.30. The number of benzene rings is 2. The molecule has 0 radical (unpaired) electrons. The van der Waals surface area contributed by atoms with Crippen LogP contribution >= 0.6 is 23.4 Å². The zero-order chi connectivity index (χ0) is 25.1. The number of hydrogen-bond acceptors (Lipinski definition) is 6. The first kappa shape index (κ1) is 27.2. The van der Waals surface area contributed by atoms with E-state index in [1.54, 1.807) is 42.5 Å². The molecule has 0 aliphatic heterocycles. The van der Waals surface area contributed by atoms with Crippen molar-refractivity contribution in [3.8, 4) is 0 Å². The number of thioether (sulfide) groups is 1. The lowest BCUT2D eigenvalue weighted by molar-refractivity contribution is -0.142. The molecule has 0 saturated heterocycles. The van der Waals surface area contributed by atoms with E-state index in [-0.39, 0.29) is 18.6 Å². The number of nitrogens with one attached hydrogen (secondary N) is 2. The molecule has 2 aromatic carbocycles. The van der Waals surface area contributed by atoms with E-state index < -0.39 is 41.9 Å². The molecule has 3 atom stereocenters. The number of aliphatic carboxylic acids is 2. The van der Waals surface area contributed by atoms with Crippen molar-refractivity contribution in [3.05, 3.63) is 70.7 Å². The smallest absolute Gasteiger partial charge is 0.330 e. The third kappa shape index (κ3) is 9.05. The zero-order valence-corrected chi connectivity index (χ0v) is 19.7. The summed E-state index contributed by atoms with van der Waals surface area (Å²) in [6, 6.07) is 11.8. The molecule has 34 heavy (non-hydrogen) atoms. The summed E-state index contributed by atoms with van der Waals surface area (Å²) in [7, 11) is 0. The molecule has 9 nitrogen and oxygen atoms in total. The maximum atomic E-state index is 13.0. The van der Waals surface area contributed by atoms with Gasteiger partial charge in [-0.2, -0.15) is 11.8 Å². The van der Waals surface area contributed by atoms with Gasteiger partial charge in [-0.1, -0.05) is 54.1 Å². The highest BCUT2D eigenvalue weighted by Gasteiger charge is 2.28.